The first-order chi connectivity index (χ1) is 10.8. The number of carbonyl (C=O) groups is 3. The Morgan fingerprint density at radius 3 is 2.26 bits per heavy atom. The number of thioether (sulfide) groups is 1. The number of nitrogens with zero attached hydrogens (tertiary/aromatic N) is 2. The van der Waals surface area contributed by atoms with Gasteiger partial charge in [-0.1, -0.05) is 0 Å². The molecule has 1 aliphatic heterocycles. The molecule has 1 saturated heterocycles. The minimum Gasteiger partial charge on any atom is -0.469 e. The normalized spacial score (nSPS) is 20.7. The summed E-state index contributed by atoms with van der Waals surface area (Å²) in [6.45, 7) is 5.17. The maximum atomic E-state index is 12.4. The Bertz CT molecular complexity index is 566. The molecule has 128 valence electrons. The highest BCUT2D eigenvalue weighted by atomic mass is 32.2. The molecule has 0 aromatic heterocycles. The second-order valence-corrected chi connectivity index (χ2v) is 6.19. The smallest absolute Gasteiger partial charge is 0.354 e. The molecule has 0 bridgehead atoms. The van der Waals surface area contributed by atoms with Crippen molar-refractivity contribution in [3.05, 3.63) is 11.3 Å². The molecule has 0 N–H and O–H groups in total. The van der Waals surface area contributed by atoms with E-state index in [0.717, 1.165) is 0 Å². The summed E-state index contributed by atoms with van der Waals surface area (Å²) in [5.74, 6) is -1.24. The molecule has 0 aromatic rings. The van der Waals surface area contributed by atoms with Crippen molar-refractivity contribution in [2.75, 3.05) is 20.5 Å². The van der Waals surface area contributed by atoms with Crippen LogP contribution in [0.3, 0.4) is 0 Å². The Labute approximate surface area is 140 Å². The minimum absolute atomic E-state index is 0.0356. The Morgan fingerprint density at radius 1 is 1.22 bits per heavy atom. The zero-order chi connectivity index (χ0) is 17.7. The number of amides is 1. The number of aliphatic imine (C=N–C) groups is 1. The van der Waals surface area contributed by atoms with Gasteiger partial charge in [0.25, 0.3) is 5.91 Å². The molecule has 1 rings (SSSR count). The van der Waals surface area contributed by atoms with Gasteiger partial charge in [0.05, 0.1) is 20.6 Å². The van der Waals surface area contributed by atoms with Crippen molar-refractivity contribution >= 4 is 35.3 Å². The zero-order valence-electron chi connectivity index (χ0n) is 14.2. The molecule has 0 radical (unpaired) electrons. The van der Waals surface area contributed by atoms with Crippen LogP contribution in [0.1, 0.15) is 27.2 Å². The van der Waals surface area contributed by atoms with Crippen LogP contribution in [0, 0.1) is 0 Å². The maximum absolute atomic E-state index is 12.4. The number of hydrogen-bond donors (Lipinski definition) is 0. The molecule has 2 atom stereocenters. The van der Waals surface area contributed by atoms with Gasteiger partial charge < -0.3 is 9.47 Å². The SMILES string of the molecule is COC(=O)CC(C)=NC1C(=O)N(C(C(=O)OC)=C(C)C)C1SC. The molecule has 23 heavy (non-hydrogen) atoms. The number of methoxy groups -OCH3 is 2. The number of allylic oxidation sites excluding steroid dienone is 1. The van der Waals surface area contributed by atoms with E-state index in [1.54, 1.807) is 20.8 Å². The minimum atomic E-state index is -0.617. The highest BCUT2D eigenvalue weighted by Crippen LogP contribution is 2.36. The number of carbonyl (C=O) groups excluding carboxylic acids is 3. The zero-order valence-corrected chi connectivity index (χ0v) is 15.0. The van der Waals surface area contributed by atoms with E-state index in [1.807, 2.05) is 6.26 Å². The summed E-state index contributed by atoms with van der Waals surface area (Å²) in [6, 6.07) is -0.617. The molecule has 0 saturated carbocycles. The average molecular weight is 342 g/mol. The van der Waals surface area contributed by atoms with E-state index in [4.69, 9.17) is 4.74 Å². The van der Waals surface area contributed by atoms with Crippen molar-refractivity contribution in [2.45, 2.75) is 38.6 Å². The van der Waals surface area contributed by atoms with E-state index in [0.29, 0.717) is 11.3 Å². The highest BCUT2D eigenvalue weighted by molar-refractivity contribution is 7.99. The molecular weight excluding hydrogens is 320 g/mol. The van der Waals surface area contributed by atoms with Crippen LogP contribution in [0.15, 0.2) is 16.3 Å². The molecule has 0 spiro atoms. The lowest BCUT2D eigenvalue weighted by molar-refractivity contribution is -0.149. The fourth-order valence-corrected chi connectivity index (χ4v) is 3.10. The van der Waals surface area contributed by atoms with Crippen molar-refractivity contribution in [1.29, 1.82) is 0 Å². The van der Waals surface area contributed by atoms with Gasteiger partial charge in [-0.05, 0) is 32.6 Å². The molecule has 2 unspecified atom stereocenters. The van der Waals surface area contributed by atoms with Crippen LogP contribution in [-0.2, 0) is 23.9 Å². The molecule has 0 aliphatic carbocycles. The lowest BCUT2D eigenvalue weighted by Crippen LogP contribution is -2.62. The van der Waals surface area contributed by atoms with Gasteiger partial charge in [-0.25, -0.2) is 4.79 Å². The quantitative estimate of drug-likeness (QED) is 0.314. The van der Waals surface area contributed by atoms with E-state index in [1.165, 1.54) is 30.9 Å². The average Bonchev–Trinajstić information content (AvgIpc) is 2.51. The summed E-state index contributed by atoms with van der Waals surface area (Å²) in [5, 5.41) is -0.306. The number of likely N-dealkylation sites (tertiary alicyclic amines) is 1. The molecule has 1 aliphatic rings. The van der Waals surface area contributed by atoms with Gasteiger partial charge in [0.15, 0.2) is 6.04 Å². The Kier molecular flexibility index (Phi) is 6.80. The van der Waals surface area contributed by atoms with Gasteiger partial charge in [-0.15, -0.1) is 11.8 Å². The van der Waals surface area contributed by atoms with Crippen molar-refractivity contribution in [3.8, 4) is 0 Å². The van der Waals surface area contributed by atoms with Crippen LogP contribution in [-0.4, -0.2) is 60.3 Å². The van der Waals surface area contributed by atoms with Gasteiger partial charge >= 0.3 is 11.9 Å². The van der Waals surface area contributed by atoms with Crippen molar-refractivity contribution in [2.24, 2.45) is 4.99 Å². The molecule has 0 aromatic carbocycles. The van der Waals surface area contributed by atoms with Gasteiger partial charge in [0.1, 0.15) is 11.1 Å². The van der Waals surface area contributed by atoms with Crippen LogP contribution in [0.2, 0.25) is 0 Å². The predicted octanol–water partition coefficient (Wildman–Crippen LogP) is 1.38. The first-order valence-corrected chi connectivity index (χ1v) is 8.29. The van der Waals surface area contributed by atoms with E-state index in [-0.39, 0.29) is 23.4 Å². The summed E-state index contributed by atoms with van der Waals surface area (Å²) >= 11 is 1.41. The van der Waals surface area contributed by atoms with E-state index in [2.05, 4.69) is 9.73 Å². The molecule has 1 heterocycles. The van der Waals surface area contributed by atoms with E-state index >= 15 is 0 Å². The van der Waals surface area contributed by atoms with E-state index in [9.17, 15) is 14.4 Å². The maximum Gasteiger partial charge on any atom is 0.354 e. The summed E-state index contributed by atoms with van der Waals surface area (Å²) in [7, 11) is 2.58. The number of esters is 2. The number of ether oxygens (including phenoxy) is 2. The summed E-state index contributed by atoms with van der Waals surface area (Å²) < 4.78 is 9.34. The second kappa shape index (κ2) is 8.14. The predicted molar refractivity (Wildman–Crippen MR) is 88.1 cm³/mol. The van der Waals surface area contributed by atoms with E-state index < -0.39 is 18.0 Å². The molecule has 1 amide bonds. The van der Waals surface area contributed by atoms with Gasteiger partial charge in [0, 0.05) is 5.71 Å². The highest BCUT2D eigenvalue weighted by Gasteiger charge is 2.50. The fraction of sp³-hybridized carbons (Fsp3) is 0.600. The Hall–Kier alpha value is -1.83. The molecular formula is C15H22N2O5S. The van der Waals surface area contributed by atoms with Gasteiger partial charge in [0.2, 0.25) is 0 Å². The lowest BCUT2D eigenvalue weighted by atomic mass is 10.0. The lowest BCUT2D eigenvalue weighted by Gasteiger charge is -2.44. The second-order valence-electron chi connectivity index (χ2n) is 5.24. The topological polar surface area (TPSA) is 85.3 Å². The summed E-state index contributed by atoms with van der Waals surface area (Å²) in [5.41, 5.74) is 1.46. The monoisotopic (exact) mass is 342 g/mol. The van der Waals surface area contributed by atoms with Crippen LogP contribution in [0.5, 0.6) is 0 Å². The summed E-state index contributed by atoms with van der Waals surface area (Å²) in [6.07, 6.45) is 1.87. The first-order valence-electron chi connectivity index (χ1n) is 7.00. The van der Waals surface area contributed by atoms with Crippen LogP contribution < -0.4 is 0 Å². The Morgan fingerprint density at radius 2 is 1.83 bits per heavy atom. The molecule has 7 nitrogen and oxygen atoms in total. The van der Waals surface area contributed by atoms with Crippen molar-refractivity contribution < 1.29 is 23.9 Å². The standard InChI is InChI=1S/C15H22N2O5S/c1-8(2)12(15(20)22-5)17-13(19)11(14(17)23-6)16-9(3)7-10(18)21-4/h11,14H,7H2,1-6H3. The third-order valence-corrected chi connectivity index (χ3v) is 4.29. The van der Waals surface area contributed by atoms with Crippen molar-refractivity contribution in [3.63, 3.8) is 0 Å². The first kappa shape index (κ1) is 19.2. The third-order valence-electron chi connectivity index (χ3n) is 3.34. The number of rotatable bonds is 6. The van der Waals surface area contributed by atoms with Crippen LogP contribution >= 0.6 is 11.8 Å². The number of hydrogen-bond acceptors (Lipinski definition) is 7. The Balaban J connectivity index is 3.01. The summed E-state index contributed by atoms with van der Waals surface area (Å²) in [4.78, 5) is 41.3. The fourth-order valence-electron chi connectivity index (χ4n) is 2.24. The van der Waals surface area contributed by atoms with Crippen LogP contribution in [0.4, 0.5) is 0 Å². The van der Waals surface area contributed by atoms with Crippen molar-refractivity contribution in [1.82, 2.24) is 4.90 Å². The molecule has 1 fully saturated rings. The third kappa shape index (κ3) is 4.13. The largest absolute Gasteiger partial charge is 0.469 e. The van der Waals surface area contributed by atoms with Gasteiger partial charge in [-0.2, -0.15) is 0 Å². The number of β-lactam (4-membered cyclic amide) rings is 1. The van der Waals surface area contributed by atoms with Gasteiger partial charge in [-0.3, -0.25) is 19.5 Å². The molecule has 8 heteroatoms. The van der Waals surface area contributed by atoms with Crippen LogP contribution in [0.25, 0.3) is 0 Å².